The molecule has 0 spiro atoms. The van der Waals surface area contributed by atoms with Crippen molar-refractivity contribution in [3.05, 3.63) is 65.4 Å². The quantitative estimate of drug-likeness (QED) is 0.520. The zero-order chi connectivity index (χ0) is 21.1. The fraction of sp³-hybridized carbons (Fsp3) is 0.182. The summed E-state index contributed by atoms with van der Waals surface area (Å²) in [6.07, 6.45) is 2.93. The van der Waals surface area contributed by atoms with Gasteiger partial charge in [0.2, 0.25) is 11.9 Å². The lowest BCUT2D eigenvalue weighted by Crippen LogP contribution is -2.18. The van der Waals surface area contributed by atoms with Crippen LogP contribution in [-0.4, -0.2) is 28.8 Å². The van der Waals surface area contributed by atoms with E-state index in [2.05, 4.69) is 31.2 Å². The Bertz CT molecular complexity index is 1130. The molecule has 1 aliphatic rings. The van der Waals surface area contributed by atoms with Crippen molar-refractivity contribution in [2.24, 2.45) is 0 Å². The van der Waals surface area contributed by atoms with Crippen LogP contribution in [0.3, 0.4) is 0 Å². The average molecular weight is 402 g/mol. The zero-order valence-electron chi connectivity index (χ0n) is 16.7. The van der Waals surface area contributed by atoms with E-state index in [9.17, 15) is 9.59 Å². The summed E-state index contributed by atoms with van der Waals surface area (Å²) in [5.74, 6) is 0.988. The normalized spacial score (nSPS) is 12.5. The van der Waals surface area contributed by atoms with Gasteiger partial charge >= 0.3 is 0 Å². The van der Waals surface area contributed by atoms with Gasteiger partial charge in [-0.3, -0.25) is 9.59 Å². The lowest BCUT2D eigenvalue weighted by Gasteiger charge is -2.18. The minimum Gasteiger partial charge on any atom is -0.355 e. The van der Waals surface area contributed by atoms with Crippen molar-refractivity contribution in [3.8, 4) is 0 Å². The Morgan fingerprint density at radius 3 is 2.73 bits per heavy atom. The van der Waals surface area contributed by atoms with E-state index >= 15 is 0 Å². The summed E-state index contributed by atoms with van der Waals surface area (Å²) in [5, 5.41) is 12.0. The zero-order valence-corrected chi connectivity index (χ0v) is 16.7. The Hall–Kier alpha value is -3.94. The summed E-state index contributed by atoms with van der Waals surface area (Å²) in [6.45, 7) is 1.91. The summed E-state index contributed by atoms with van der Waals surface area (Å²) < 4.78 is 0. The molecule has 0 fully saturated rings. The fourth-order valence-corrected chi connectivity index (χ4v) is 3.24. The molecule has 2 heterocycles. The van der Waals surface area contributed by atoms with E-state index in [-0.39, 0.29) is 11.8 Å². The molecule has 8 heteroatoms. The molecule has 8 nitrogen and oxygen atoms in total. The number of hydrogen-bond acceptors (Lipinski definition) is 6. The van der Waals surface area contributed by atoms with E-state index < -0.39 is 0 Å². The van der Waals surface area contributed by atoms with Gasteiger partial charge in [0, 0.05) is 47.9 Å². The third-order valence-corrected chi connectivity index (χ3v) is 4.84. The molecule has 30 heavy (non-hydrogen) atoms. The lowest BCUT2D eigenvalue weighted by molar-refractivity contribution is -0.116. The van der Waals surface area contributed by atoms with Crippen LogP contribution in [-0.2, 0) is 11.2 Å². The van der Waals surface area contributed by atoms with Gasteiger partial charge < -0.3 is 21.3 Å². The Morgan fingerprint density at radius 1 is 1.07 bits per heavy atom. The fourth-order valence-electron chi connectivity index (χ4n) is 3.24. The third-order valence-electron chi connectivity index (χ3n) is 4.84. The standard InChI is InChI=1S/C22H22N6O2/c1-13-12-24-22(26-17-7-8-18-14(10-17)6-9-19(29)27-18)28-20(13)25-16-5-3-4-15(11-16)21(30)23-2/h3-5,7-8,10-12H,6,9H2,1-2H3,(H,23,30)(H,27,29)(H2,24,25,26,28). The first-order valence-corrected chi connectivity index (χ1v) is 9.64. The van der Waals surface area contributed by atoms with Gasteiger partial charge in [-0.15, -0.1) is 0 Å². The molecular weight excluding hydrogens is 380 g/mol. The van der Waals surface area contributed by atoms with Crippen LogP contribution in [0, 0.1) is 6.92 Å². The van der Waals surface area contributed by atoms with Crippen LogP contribution in [0.15, 0.2) is 48.7 Å². The number of aryl methyl sites for hydroxylation is 2. The Morgan fingerprint density at radius 2 is 1.90 bits per heavy atom. The number of hydrogen-bond donors (Lipinski definition) is 4. The van der Waals surface area contributed by atoms with E-state index in [1.54, 1.807) is 25.4 Å². The number of carbonyl (C=O) groups is 2. The second kappa shape index (κ2) is 8.20. The molecule has 0 atom stereocenters. The number of benzene rings is 2. The molecule has 0 radical (unpaired) electrons. The molecule has 152 valence electrons. The number of aromatic nitrogens is 2. The van der Waals surface area contributed by atoms with Gasteiger partial charge in [0.25, 0.3) is 5.91 Å². The number of nitrogens with one attached hydrogen (secondary N) is 4. The van der Waals surface area contributed by atoms with Crippen molar-refractivity contribution in [1.29, 1.82) is 0 Å². The predicted molar refractivity (Wildman–Crippen MR) is 117 cm³/mol. The second-order valence-corrected chi connectivity index (χ2v) is 7.06. The van der Waals surface area contributed by atoms with Gasteiger partial charge in [-0.1, -0.05) is 6.07 Å². The summed E-state index contributed by atoms with van der Waals surface area (Å²) in [4.78, 5) is 32.3. The van der Waals surface area contributed by atoms with Gasteiger partial charge in [0.05, 0.1) is 0 Å². The topological polar surface area (TPSA) is 108 Å². The van der Waals surface area contributed by atoms with Gasteiger partial charge in [-0.25, -0.2) is 4.98 Å². The molecule has 4 N–H and O–H groups in total. The molecular formula is C22H22N6O2. The highest BCUT2D eigenvalue weighted by molar-refractivity contribution is 5.95. The first-order valence-electron chi connectivity index (χ1n) is 9.64. The summed E-state index contributed by atoms with van der Waals surface area (Å²) in [7, 11) is 1.60. The summed E-state index contributed by atoms with van der Waals surface area (Å²) in [5.41, 5.74) is 4.97. The van der Waals surface area contributed by atoms with Crippen LogP contribution in [0.2, 0.25) is 0 Å². The molecule has 0 saturated carbocycles. The van der Waals surface area contributed by atoms with Crippen molar-refractivity contribution in [1.82, 2.24) is 15.3 Å². The van der Waals surface area contributed by atoms with Crippen LogP contribution in [0.5, 0.6) is 0 Å². The van der Waals surface area contributed by atoms with E-state index in [1.165, 1.54) is 0 Å². The maximum Gasteiger partial charge on any atom is 0.251 e. The maximum atomic E-state index is 11.9. The van der Waals surface area contributed by atoms with Crippen molar-refractivity contribution < 1.29 is 9.59 Å². The Labute approximate surface area is 174 Å². The molecule has 1 aromatic heterocycles. The van der Waals surface area contributed by atoms with E-state index in [0.717, 1.165) is 28.2 Å². The molecule has 1 aliphatic heterocycles. The molecule has 2 amide bonds. The van der Waals surface area contributed by atoms with Crippen molar-refractivity contribution in [3.63, 3.8) is 0 Å². The van der Waals surface area contributed by atoms with Crippen LogP contribution in [0.4, 0.5) is 28.8 Å². The van der Waals surface area contributed by atoms with Gasteiger partial charge in [0.1, 0.15) is 5.82 Å². The number of carbonyl (C=O) groups excluding carboxylic acids is 2. The van der Waals surface area contributed by atoms with Gasteiger partial charge in [-0.05, 0) is 55.3 Å². The van der Waals surface area contributed by atoms with Crippen LogP contribution in [0.1, 0.15) is 27.9 Å². The number of fused-ring (bicyclic) bond motifs is 1. The number of anilines is 5. The predicted octanol–water partition coefficient (Wildman–Crippen LogP) is 3.52. The molecule has 0 bridgehead atoms. The van der Waals surface area contributed by atoms with E-state index in [1.807, 2.05) is 37.3 Å². The first-order chi connectivity index (χ1) is 14.5. The van der Waals surface area contributed by atoms with Gasteiger partial charge in [0.15, 0.2) is 0 Å². The highest BCUT2D eigenvalue weighted by Gasteiger charge is 2.15. The molecule has 2 aromatic carbocycles. The minimum absolute atomic E-state index is 0.0429. The van der Waals surface area contributed by atoms with Crippen LogP contribution >= 0.6 is 0 Å². The van der Waals surface area contributed by atoms with Gasteiger partial charge in [-0.2, -0.15) is 4.98 Å². The van der Waals surface area contributed by atoms with Crippen molar-refractivity contribution in [2.45, 2.75) is 19.8 Å². The highest BCUT2D eigenvalue weighted by Crippen LogP contribution is 2.27. The Balaban J connectivity index is 1.54. The lowest BCUT2D eigenvalue weighted by atomic mass is 10.0. The largest absolute Gasteiger partial charge is 0.355 e. The average Bonchev–Trinajstić information content (AvgIpc) is 2.76. The molecule has 0 saturated heterocycles. The van der Waals surface area contributed by atoms with Crippen molar-refractivity contribution >= 4 is 40.6 Å². The maximum absolute atomic E-state index is 11.9. The minimum atomic E-state index is -0.149. The highest BCUT2D eigenvalue weighted by atomic mass is 16.2. The number of nitrogens with zero attached hydrogens (tertiary/aromatic N) is 2. The van der Waals surface area contributed by atoms with Crippen LogP contribution < -0.4 is 21.3 Å². The Kier molecular flexibility index (Phi) is 5.30. The third kappa shape index (κ3) is 4.22. The van der Waals surface area contributed by atoms with E-state index in [0.29, 0.717) is 30.2 Å². The number of rotatable bonds is 5. The molecule has 0 aliphatic carbocycles. The molecule has 3 aromatic rings. The first kappa shape index (κ1) is 19.4. The number of amides is 2. The second-order valence-electron chi connectivity index (χ2n) is 7.06. The smallest absolute Gasteiger partial charge is 0.251 e. The molecule has 0 unspecified atom stereocenters. The van der Waals surface area contributed by atoms with Crippen molar-refractivity contribution in [2.75, 3.05) is 23.0 Å². The van der Waals surface area contributed by atoms with E-state index in [4.69, 9.17) is 0 Å². The summed E-state index contributed by atoms with van der Waals surface area (Å²) >= 11 is 0. The van der Waals surface area contributed by atoms with Crippen LogP contribution in [0.25, 0.3) is 0 Å². The SMILES string of the molecule is CNC(=O)c1cccc(Nc2nc(Nc3ccc4c(c3)CCC(=O)N4)ncc2C)c1. The molecule has 4 rings (SSSR count). The summed E-state index contributed by atoms with van der Waals surface area (Å²) in [6, 6.07) is 13.0. The monoisotopic (exact) mass is 402 g/mol.